The standard InChI is InChI=1S/C15H20N2O/c16-9-12-17-10-7-15(8-11-17)6-5-13-3-1-2-4-14(13)18-15/h1-6H,7-12,16H2. The molecule has 0 radical (unpaired) electrons. The number of hydrogen-bond acceptors (Lipinski definition) is 3. The molecular formula is C15H20N2O. The lowest BCUT2D eigenvalue weighted by atomic mass is 9.88. The van der Waals surface area contributed by atoms with Crippen LogP contribution in [0.4, 0.5) is 0 Å². The Morgan fingerprint density at radius 2 is 2.00 bits per heavy atom. The molecule has 2 N–H and O–H groups in total. The van der Waals surface area contributed by atoms with Gasteiger partial charge in [0.25, 0.3) is 0 Å². The topological polar surface area (TPSA) is 38.5 Å². The molecule has 0 aliphatic carbocycles. The van der Waals surface area contributed by atoms with Crippen molar-refractivity contribution in [1.82, 2.24) is 4.90 Å². The summed E-state index contributed by atoms with van der Waals surface area (Å²) in [6.07, 6.45) is 6.56. The summed E-state index contributed by atoms with van der Waals surface area (Å²) < 4.78 is 6.24. The van der Waals surface area contributed by atoms with Gasteiger partial charge < -0.3 is 15.4 Å². The van der Waals surface area contributed by atoms with E-state index in [4.69, 9.17) is 10.5 Å². The molecule has 0 aromatic heterocycles. The lowest BCUT2D eigenvalue weighted by Crippen LogP contribution is -2.48. The van der Waals surface area contributed by atoms with Crippen molar-refractivity contribution < 1.29 is 4.74 Å². The number of nitrogens with zero attached hydrogens (tertiary/aromatic N) is 1. The molecule has 0 unspecified atom stereocenters. The Kier molecular flexibility index (Phi) is 3.10. The van der Waals surface area contributed by atoms with Gasteiger partial charge in [0.2, 0.25) is 0 Å². The van der Waals surface area contributed by atoms with Crippen LogP contribution in [0.3, 0.4) is 0 Å². The third kappa shape index (κ3) is 2.16. The molecule has 2 heterocycles. The number of ether oxygens (including phenoxy) is 1. The largest absolute Gasteiger partial charge is 0.482 e. The minimum Gasteiger partial charge on any atom is -0.482 e. The lowest BCUT2D eigenvalue weighted by molar-refractivity contribution is 0.0398. The van der Waals surface area contributed by atoms with Crippen molar-refractivity contribution in [3.63, 3.8) is 0 Å². The van der Waals surface area contributed by atoms with E-state index >= 15 is 0 Å². The van der Waals surface area contributed by atoms with Crippen LogP contribution < -0.4 is 10.5 Å². The average molecular weight is 244 g/mol. The first-order valence-corrected chi connectivity index (χ1v) is 6.71. The minimum atomic E-state index is -0.0839. The SMILES string of the molecule is NCCN1CCC2(C=Cc3ccccc3O2)CC1. The Morgan fingerprint density at radius 3 is 2.78 bits per heavy atom. The Hall–Kier alpha value is -1.32. The molecule has 1 fully saturated rings. The van der Waals surface area contributed by atoms with Crippen molar-refractivity contribution in [3.8, 4) is 5.75 Å². The van der Waals surface area contributed by atoms with E-state index in [9.17, 15) is 0 Å². The van der Waals surface area contributed by atoms with Crippen LogP contribution in [0.25, 0.3) is 6.08 Å². The minimum absolute atomic E-state index is 0.0839. The molecule has 1 spiro atoms. The van der Waals surface area contributed by atoms with Crippen LogP contribution in [0, 0.1) is 0 Å². The van der Waals surface area contributed by atoms with Crippen LogP contribution >= 0.6 is 0 Å². The molecule has 0 amide bonds. The van der Waals surface area contributed by atoms with Gasteiger partial charge in [0.15, 0.2) is 0 Å². The van der Waals surface area contributed by atoms with Crippen LogP contribution in [0.2, 0.25) is 0 Å². The molecule has 2 aliphatic heterocycles. The highest BCUT2D eigenvalue weighted by atomic mass is 16.5. The highest BCUT2D eigenvalue weighted by Crippen LogP contribution is 2.36. The van der Waals surface area contributed by atoms with Crippen molar-refractivity contribution in [2.75, 3.05) is 26.2 Å². The first kappa shape index (κ1) is 11.8. The van der Waals surface area contributed by atoms with Gasteiger partial charge in [0.05, 0.1) is 0 Å². The maximum Gasteiger partial charge on any atom is 0.130 e. The summed E-state index contributed by atoms with van der Waals surface area (Å²) >= 11 is 0. The van der Waals surface area contributed by atoms with Gasteiger partial charge in [0, 0.05) is 44.6 Å². The summed E-state index contributed by atoms with van der Waals surface area (Å²) in [6, 6.07) is 8.25. The monoisotopic (exact) mass is 244 g/mol. The highest BCUT2D eigenvalue weighted by molar-refractivity contribution is 5.60. The number of piperidine rings is 1. The molecule has 96 valence electrons. The quantitative estimate of drug-likeness (QED) is 0.863. The number of benzene rings is 1. The van der Waals surface area contributed by atoms with E-state index < -0.39 is 0 Å². The average Bonchev–Trinajstić information content (AvgIpc) is 2.42. The maximum absolute atomic E-state index is 6.24. The van der Waals surface area contributed by atoms with Gasteiger partial charge in [-0.2, -0.15) is 0 Å². The third-order valence-electron chi connectivity index (χ3n) is 3.95. The van der Waals surface area contributed by atoms with E-state index in [-0.39, 0.29) is 5.60 Å². The van der Waals surface area contributed by atoms with Gasteiger partial charge >= 0.3 is 0 Å². The van der Waals surface area contributed by atoms with Crippen molar-refractivity contribution in [1.29, 1.82) is 0 Å². The first-order valence-electron chi connectivity index (χ1n) is 6.71. The summed E-state index contributed by atoms with van der Waals surface area (Å²) in [5.74, 6) is 1.02. The maximum atomic E-state index is 6.24. The normalized spacial score (nSPS) is 21.6. The second-order valence-corrected chi connectivity index (χ2v) is 5.17. The lowest BCUT2D eigenvalue weighted by Gasteiger charge is -2.41. The Bertz CT molecular complexity index is 448. The molecule has 0 saturated carbocycles. The van der Waals surface area contributed by atoms with Crippen molar-refractivity contribution >= 4 is 6.08 Å². The number of fused-ring (bicyclic) bond motifs is 1. The van der Waals surface area contributed by atoms with Gasteiger partial charge in [-0.05, 0) is 12.1 Å². The van der Waals surface area contributed by atoms with Crippen LogP contribution in [0.5, 0.6) is 5.75 Å². The Labute approximate surface area is 108 Å². The molecule has 1 aromatic carbocycles. The molecule has 3 rings (SSSR count). The first-order chi connectivity index (χ1) is 8.81. The number of nitrogens with two attached hydrogens (primary N) is 1. The van der Waals surface area contributed by atoms with E-state index in [1.165, 1.54) is 5.56 Å². The van der Waals surface area contributed by atoms with Gasteiger partial charge in [-0.3, -0.25) is 0 Å². The zero-order chi connectivity index (χ0) is 12.4. The van der Waals surface area contributed by atoms with Gasteiger partial charge in [0.1, 0.15) is 11.4 Å². The van der Waals surface area contributed by atoms with Crippen LogP contribution in [0.15, 0.2) is 30.3 Å². The van der Waals surface area contributed by atoms with E-state index in [0.29, 0.717) is 0 Å². The molecule has 1 aromatic rings. The van der Waals surface area contributed by atoms with Crippen molar-refractivity contribution in [2.45, 2.75) is 18.4 Å². The van der Waals surface area contributed by atoms with Gasteiger partial charge in [-0.25, -0.2) is 0 Å². The number of hydrogen-bond donors (Lipinski definition) is 1. The highest BCUT2D eigenvalue weighted by Gasteiger charge is 2.36. The van der Waals surface area contributed by atoms with E-state index in [0.717, 1.165) is 44.8 Å². The smallest absolute Gasteiger partial charge is 0.130 e. The summed E-state index contributed by atoms with van der Waals surface area (Å²) in [5.41, 5.74) is 6.71. The molecule has 0 bridgehead atoms. The summed E-state index contributed by atoms with van der Waals surface area (Å²) in [5, 5.41) is 0. The fourth-order valence-electron chi connectivity index (χ4n) is 2.81. The Morgan fingerprint density at radius 1 is 1.22 bits per heavy atom. The van der Waals surface area contributed by atoms with Crippen LogP contribution in [0.1, 0.15) is 18.4 Å². The molecule has 3 heteroatoms. The second-order valence-electron chi connectivity index (χ2n) is 5.17. The Balaban J connectivity index is 1.73. The summed E-state index contributed by atoms with van der Waals surface area (Å²) in [7, 11) is 0. The zero-order valence-electron chi connectivity index (χ0n) is 10.6. The number of likely N-dealkylation sites (tertiary alicyclic amines) is 1. The van der Waals surface area contributed by atoms with Gasteiger partial charge in [-0.15, -0.1) is 0 Å². The van der Waals surface area contributed by atoms with Crippen molar-refractivity contribution in [3.05, 3.63) is 35.9 Å². The van der Waals surface area contributed by atoms with E-state index in [1.54, 1.807) is 0 Å². The van der Waals surface area contributed by atoms with E-state index in [1.807, 2.05) is 12.1 Å². The van der Waals surface area contributed by atoms with Crippen molar-refractivity contribution in [2.24, 2.45) is 5.73 Å². The second kappa shape index (κ2) is 4.75. The third-order valence-corrected chi connectivity index (χ3v) is 3.95. The zero-order valence-corrected chi connectivity index (χ0v) is 10.6. The van der Waals surface area contributed by atoms with Gasteiger partial charge in [-0.1, -0.05) is 24.3 Å². The molecule has 0 atom stereocenters. The predicted octanol–water partition coefficient (Wildman–Crippen LogP) is 1.89. The molecule has 3 nitrogen and oxygen atoms in total. The fraction of sp³-hybridized carbons (Fsp3) is 0.467. The number of para-hydroxylation sites is 1. The fourth-order valence-corrected chi connectivity index (χ4v) is 2.81. The number of rotatable bonds is 2. The molecule has 1 saturated heterocycles. The predicted molar refractivity (Wildman–Crippen MR) is 73.6 cm³/mol. The van der Waals surface area contributed by atoms with E-state index in [2.05, 4.69) is 29.2 Å². The molecule has 2 aliphatic rings. The van der Waals surface area contributed by atoms with Crippen LogP contribution in [-0.2, 0) is 0 Å². The summed E-state index contributed by atoms with van der Waals surface area (Å²) in [4.78, 5) is 2.42. The molecule has 18 heavy (non-hydrogen) atoms. The molecular weight excluding hydrogens is 224 g/mol. The van der Waals surface area contributed by atoms with Crippen LogP contribution in [-0.4, -0.2) is 36.7 Å². The summed E-state index contributed by atoms with van der Waals surface area (Å²) in [6.45, 7) is 3.89.